The van der Waals surface area contributed by atoms with Crippen molar-refractivity contribution < 1.29 is 23.4 Å². The van der Waals surface area contributed by atoms with Crippen LogP contribution in [-0.4, -0.2) is 87.0 Å². The van der Waals surface area contributed by atoms with E-state index in [-0.39, 0.29) is 17.4 Å². The lowest BCUT2D eigenvalue weighted by molar-refractivity contribution is -0.0173. The Morgan fingerprint density at radius 3 is 2.24 bits per heavy atom. The molecule has 3 aliphatic heterocycles. The first-order valence-electron chi connectivity index (χ1n) is 22.1. The van der Waals surface area contributed by atoms with Crippen molar-refractivity contribution in [1.29, 1.82) is 0 Å². The Labute approximate surface area is 370 Å². The Morgan fingerprint density at radius 1 is 0.778 bits per heavy atom. The summed E-state index contributed by atoms with van der Waals surface area (Å²) in [4.78, 5) is 13.3. The number of anilines is 2. The predicted molar refractivity (Wildman–Crippen MR) is 243 cm³/mol. The fourth-order valence-electron chi connectivity index (χ4n) is 10.5. The van der Waals surface area contributed by atoms with Crippen LogP contribution in [-0.2, 0) is 6.42 Å². The third-order valence-electron chi connectivity index (χ3n) is 14.1. The molecular weight excluding hydrogens is 820 g/mol. The van der Waals surface area contributed by atoms with Gasteiger partial charge in [-0.3, -0.25) is 14.5 Å². The number of phenols is 1. The second-order valence-electron chi connectivity index (χ2n) is 17.9. The molecule has 0 radical (unpaired) electrons. The number of rotatable bonds is 7. The topological polar surface area (TPSA) is 93.2 Å². The third kappa shape index (κ3) is 7.51. The van der Waals surface area contributed by atoms with E-state index in [2.05, 4.69) is 74.5 Å². The molecule has 2 fully saturated rings. The summed E-state index contributed by atoms with van der Waals surface area (Å²) in [7, 11) is 0. The summed E-state index contributed by atoms with van der Waals surface area (Å²) in [6, 6.07) is 23.1. The van der Waals surface area contributed by atoms with E-state index in [1.807, 2.05) is 13.0 Å². The molecule has 0 amide bonds. The number of piperazine rings is 1. The van der Waals surface area contributed by atoms with Gasteiger partial charge in [0.05, 0.1) is 11.3 Å². The van der Waals surface area contributed by atoms with Crippen LogP contribution in [0.1, 0.15) is 99.5 Å². The van der Waals surface area contributed by atoms with Gasteiger partial charge in [0.15, 0.2) is 17.5 Å². The molecule has 2 saturated heterocycles. The van der Waals surface area contributed by atoms with Crippen LogP contribution in [0.15, 0.2) is 83.9 Å². The second kappa shape index (κ2) is 16.2. The van der Waals surface area contributed by atoms with Gasteiger partial charge in [-0.15, -0.1) is 21.5 Å². The van der Waals surface area contributed by atoms with Crippen molar-refractivity contribution in [2.24, 2.45) is 4.99 Å². The van der Waals surface area contributed by atoms with Crippen LogP contribution in [0, 0.1) is 38.2 Å². The summed E-state index contributed by atoms with van der Waals surface area (Å²) in [6.07, 6.45) is 2.37. The maximum atomic E-state index is 16.4. The number of halogens is 3. The van der Waals surface area contributed by atoms with Crippen molar-refractivity contribution in [2.45, 2.75) is 76.9 Å². The van der Waals surface area contributed by atoms with E-state index in [9.17, 15) is 14.6 Å². The molecule has 0 spiro atoms. The maximum absolute atomic E-state index is 16.4. The molecule has 4 aliphatic rings. The standard InChI is InChI=1S/C50H52F3N7O2S/c1-29-31(3)63-49-44(29)47(54-30(2)48-56-55-32(4)60(48)49)33-8-11-35(12-9-33)58-20-18-50(62,19-21-58)28-57-22-24-59(25-23-57)36-13-16-41(43(52)27-36)45-38-17-14-37(61)26-34(38)10-15-39(45)40-6-5-7-42(51)46(40)53/h5-9,11-14,16-17,26-27,30,39,45,61-62H,10,15,18-25,28H2,1-4H3/t30-,39+,45+/m0/s1. The summed E-state index contributed by atoms with van der Waals surface area (Å²) in [6.45, 7) is 13.3. The van der Waals surface area contributed by atoms with E-state index in [4.69, 9.17) is 4.99 Å². The van der Waals surface area contributed by atoms with E-state index in [1.165, 1.54) is 16.5 Å². The highest BCUT2D eigenvalue weighted by molar-refractivity contribution is 7.15. The van der Waals surface area contributed by atoms with Crippen molar-refractivity contribution in [3.63, 3.8) is 0 Å². The average molecular weight is 872 g/mol. The van der Waals surface area contributed by atoms with E-state index >= 15 is 8.78 Å². The Morgan fingerprint density at radius 2 is 1.49 bits per heavy atom. The Kier molecular flexibility index (Phi) is 10.7. The van der Waals surface area contributed by atoms with Gasteiger partial charge >= 0.3 is 0 Å². The number of phenolic OH excluding ortho intramolecular Hbond substituents is 1. The number of piperidine rings is 1. The SMILES string of the molecule is Cc1sc2c(c1C)C(c1ccc(N3CCC(O)(CN4CCN(c5ccc([C@@H]6c7ccc(O)cc7CC[C@@H]6c6cccc(F)c6F)c(F)c5)CC4)CC3)cc1)=N[C@@H](C)c1nnc(C)n1-2. The number of hydrogen-bond donors (Lipinski definition) is 2. The van der Waals surface area contributed by atoms with E-state index in [0.29, 0.717) is 50.9 Å². The minimum absolute atomic E-state index is 0.125. The second-order valence-corrected chi connectivity index (χ2v) is 19.1. The molecule has 13 heteroatoms. The number of nitrogens with zero attached hydrogens (tertiary/aromatic N) is 7. The molecule has 5 heterocycles. The van der Waals surface area contributed by atoms with Gasteiger partial charge in [0.25, 0.3) is 0 Å². The Balaban J connectivity index is 0.777. The first kappa shape index (κ1) is 41.5. The number of fused-ring (bicyclic) bond motifs is 4. The first-order chi connectivity index (χ1) is 30.4. The van der Waals surface area contributed by atoms with Crippen LogP contribution >= 0.6 is 11.3 Å². The Hall–Kier alpha value is -5.50. The van der Waals surface area contributed by atoms with Gasteiger partial charge in [-0.25, -0.2) is 13.2 Å². The molecule has 0 unspecified atom stereocenters. The number of hydrogen-bond acceptors (Lipinski definition) is 9. The van der Waals surface area contributed by atoms with Crippen LogP contribution in [0.5, 0.6) is 5.75 Å². The largest absolute Gasteiger partial charge is 0.508 e. The van der Waals surface area contributed by atoms with Crippen LogP contribution in [0.3, 0.4) is 0 Å². The number of thiophene rings is 1. The number of aliphatic hydroxyl groups is 1. The van der Waals surface area contributed by atoms with Gasteiger partial charge in [-0.1, -0.05) is 36.4 Å². The molecule has 63 heavy (non-hydrogen) atoms. The summed E-state index contributed by atoms with van der Waals surface area (Å²) in [5.74, 6) is -1.39. The van der Waals surface area contributed by atoms with Gasteiger partial charge in [-0.05, 0) is 130 Å². The zero-order valence-corrected chi connectivity index (χ0v) is 36.9. The summed E-state index contributed by atoms with van der Waals surface area (Å²) < 4.78 is 48.2. The van der Waals surface area contributed by atoms with Crippen molar-refractivity contribution in [3.05, 3.63) is 152 Å². The highest BCUT2D eigenvalue weighted by Crippen LogP contribution is 2.49. The molecule has 9 nitrogen and oxygen atoms in total. The highest BCUT2D eigenvalue weighted by atomic mass is 32.1. The molecule has 0 saturated carbocycles. The zero-order valence-electron chi connectivity index (χ0n) is 36.1. The lowest BCUT2D eigenvalue weighted by Gasteiger charge is -2.44. The Bertz CT molecular complexity index is 2730. The average Bonchev–Trinajstić information content (AvgIpc) is 3.77. The number of aliphatic imine (C=N–C) groups is 1. The molecule has 4 aromatic carbocycles. The first-order valence-corrected chi connectivity index (χ1v) is 22.9. The number of aromatic hydroxyl groups is 1. The predicted octanol–water partition coefficient (Wildman–Crippen LogP) is 9.30. The van der Waals surface area contributed by atoms with E-state index in [1.54, 1.807) is 47.7 Å². The van der Waals surface area contributed by atoms with Crippen LogP contribution in [0.4, 0.5) is 24.5 Å². The van der Waals surface area contributed by atoms with Crippen molar-refractivity contribution in [2.75, 3.05) is 55.6 Å². The van der Waals surface area contributed by atoms with Gasteiger partial charge in [0.1, 0.15) is 28.4 Å². The lowest BCUT2D eigenvalue weighted by Crippen LogP contribution is -2.55. The highest BCUT2D eigenvalue weighted by Gasteiger charge is 2.38. The summed E-state index contributed by atoms with van der Waals surface area (Å²) >= 11 is 1.76. The van der Waals surface area contributed by atoms with Gasteiger partial charge in [0.2, 0.25) is 0 Å². The fraction of sp³-hybridized carbons (Fsp3) is 0.380. The normalized spacial score (nSPS) is 21.1. The number of aryl methyl sites for hydroxylation is 3. The van der Waals surface area contributed by atoms with Crippen LogP contribution < -0.4 is 9.80 Å². The minimum Gasteiger partial charge on any atom is -0.508 e. The minimum atomic E-state index is -0.917. The monoisotopic (exact) mass is 871 g/mol. The van der Waals surface area contributed by atoms with Crippen molar-refractivity contribution in [3.8, 4) is 10.8 Å². The van der Waals surface area contributed by atoms with Crippen molar-refractivity contribution >= 4 is 28.4 Å². The molecular formula is C50H52F3N7O2S. The molecule has 1 aliphatic carbocycles. The van der Waals surface area contributed by atoms with Gasteiger partial charge < -0.3 is 20.0 Å². The van der Waals surface area contributed by atoms with E-state index < -0.39 is 34.9 Å². The quantitative estimate of drug-likeness (QED) is 0.165. The van der Waals surface area contributed by atoms with Gasteiger partial charge in [-0.2, -0.15) is 0 Å². The molecule has 3 atom stereocenters. The molecule has 2 N–H and O–H groups in total. The fourth-order valence-corrected chi connectivity index (χ4v) is 11.7. The number of aromatic nitrogens is 3. The summed E-state index contributed by atoms with van der Waals surface area (Å²) in [5.41, 5.74) is 7.88. The van der Waals surface area contributed by atoms with E-state index in [0.717, 1.165) is 88.2 Å². The molecule has 326 valence electrons. The van der Waals surface area contributed by atoms with Gasteiger partial charge in [0, 0.05) is 79.1 Å². The number of β-amino-alcohol motifs (C(OH)–C–C–N with tert-alkyl or cyclic N) is 1. The maximum Gasteiger partial charge on any atom is 0.162 e. The third-order valence-corrected chi connectivity index (χ3v) is 15.3. The van der Waals surface area contributed by atoms with Crippen LogP contribution in [0.2, 0.25) is 0 Å². The smallest absolute Gasteiger partial charge is 0.162 e. The number of benzene rings is 4. The van der Waals surface area contributed by atoms with Crippen molar-refractivity contribution in [1.82, 2.24) is 19.7 Å². The van der Waals surface area contributed by atoms with Crippen LogP contribution in [0.25, 0.3) is 5.00 Å². The lowest BCUT2D eigenvalue weighted by atomic mass is 9.69. The molecule has 6 aromatic rings. The molecule has 10 rings (SSSR count). The molecule has 2 aromatic heterocycles. The molecule has 0 bridgehead atoms. The summed E-state index contributed by atoms with van der Waals surface area (Å²) in [5, 5.41) is 32.0. The zero-order chi connectivity index (χ0) is 43.7.